The summed E-state index contributed by atoms with van der Waals surface area (Å²) in [7, 11) is 0. The minimum atomic E-state index is -0.942. The van der Waals surface area contributed by atoms with E-state index in [1.54, 1.807) is 0 Å². The van der Waals surface area contributed by atoms with Crippen molar-refractivity contribution in [1.82, 2.24) is 4.90 Å². The molecule has 2 aliphatic rings. The number of aliphatic carboxylic acids is 1. The van der Waals surface area contributed by atoms with Gasteiger partial charge in [0.15, 0.2) is 0 Å². The Hall–Kier alpha value is -2.04. The van der Waals surface area contributed by atoms with Crippen molar-refractivity contribution >= 4 is 11.9 Å². The molecule has 1 aliphatic heterocycles. The lowest BCUT2D eigenvalue weighted by molar-refractivity contribution is -0.145. The number of carbonyl (C=O) groups excluding carboxylic acids is 1. The first-order valence-corrected chi connectivity index (χ1v) is 7.38. The van der Waals surface area contributed by atoms with Crippen molar-refractivity contribution in [2.24, 2.45) is 0 Å². The molecule has 0 saturated heterocycles. The maximum Gasteiger partial charge on any atom is 0.323 e. The normalized spacial score (nSPS) is 20.3. The maximum atomic E-state index is 12.5. The fraction of sp³-hybridized carbons (Fsp3) is 0.500. The minimum absolute atomic E-state index is 0.0541. The van der Waals surface area contributed by atoms with Gasteiger partial charge in [0, 0.05) is 12.5 Å². The number of benzene rings is 1. The molecular formula is C16H19NO4. The number of carboxylic acids is 1. The van der Waals surface area contributed by atoms with Crippen molar-refractivity contribution in [1.29, 1.82) is 0 Å². The lowest BCUT2D eigenvalue weighted by Crippen LogP contribution is -2.38. The Kier molecular flexibility index (Phi) is 3.82. The molecule has 112 valence electrons. The Bertz CT molecular complexity index is 553. The first-order valence-electron chi connectivity index (χ1n) is 7.38. The third-order valence-electron chi connectivity index (χ3n) is 4.12. The highest BCUT2D eigenvalue weighted by Crippen LogP contribution is 2.37. The first-order chi connectivity index (χ1) is 10.1. The van der Waals surface area contributed by atoms with E-state index in [9.17, 15) is 9.59 Å². The number of amides is 1. The zero-order chi connectivity index (χ0) is 14.8. The summed E-state index contributed by atoms with van der Waals surface area (Å²) in [5.41, 5.74) is 1.06. The summed E-state index contributed by atoms with van der Waals surface area (Å²) in [6.07, 6.45) is 3.01. The number of para-hydroxylation sites is 1. The summed E-state index contributed by atoms with van der Waals surface area (Å²) in [5, 5.41) is 8.96. The van der Waals surface area contributed by atoms with Crippen LogP contribution in [0.5, 0.6) is 5.75 Å². The molecule has 0 spiro atoms. The molecule has 1 unspecified atom stereocenters. The van der Waals surface area contributed by atoms with Crippen LogP contribution in [-0.4, -0.2) is 41.1 Å². The average Bonchev–Trinajstić information content (AvgIpc) is 3.29. The molecule has 5 nitrogen and oxygen atoms in total. The number of nitrogens with zero attached hydrogens (tertiary/aromatic N) is 1. The Morgan fingerprint density at radius 2 is 2.00 bits per heavy atom. The van der Waals surface area contributed by atoms with Crippen molar-refractivity contribution in [3.05, 3.63) is 29.8 Å². The van der Waals surface area contributed by atoms with Gasteiger partial charge < -0.3 is 14.7 Å². The second-order valence-electron chi connectivity index (χ2n) is 5.72. The molecule has 1 aromatic rings. The molecule has 1 fully saturated rings. The Morgan fingerprint density at radius 3 is 2.71 bits per heavy atom. The van der Waals surface area contributed by atoms with E-state index < -0.39 is 5.97 Å². The zero-order valence-electron chi connectivity index (χ0n) is 11.8. The molecule has 1 amide bonds. The molecule has 3 rings (SSSR count). The Morgan fingerprint density at radius 1 is 1.24 bits per heavy atom. The van der Waals surface area contributed by atoms with Gasteiger partial charge in [0.05, 0.1) is 6.61 Å². The Labute approximate surface area is 123 Å². The van der Waals surface area contributed by atoms with Gasteiger partial charge in [-0.3, -0.25) is 9.59 Å². The molecule has 0 radical (unpaired) electrons. The summed E-state index contributed by atoms with van der Waals surface area (Å²) < 4.78 is 5.60. The van der Waals surface area contributed by atoms with Crippen LogP contribution in [0.3, 0.4) is 0 Å². The molecule has 21 heavy (non-hydrogen) atoms. The largest absolute Gasteiger partial charge is 0.493 e. The van der Waals surface area contributed by atoms with Crippen LogP contribution in [0.25, 0.3) is 0 Å². The lowest BCUT2D eigenvalue weighted by atomic mass is 9.90. The second-order valence-corrected chi connectivity index (χ2v) is 5.72. The monoisotopic (exact) mass is 289 g/mol. The molecule has 1 heterocycles. The number of carbonyl (C=O) groups is 2. The van der Waals surface area contributed by atoms with Crippen molar-refractivity contribution < 1.29 is 19.4 Å². The quantitative estimate of drug-likeness (QED) is 0.900. The summed E-state index contributed by atoms with van der Waals surface area (Å²) in [4.78, 5) is 24.9. The zero-order valence-corrected chi connectivity index (χ0v) is 11.8. The van der Waals surface area contributed by atoms with Gasteiger partial charge in [-0.1, -0.05) is 18.2 Å². The highest BCUT2D eigenvalue weighted by molar-refractivity contribution is 5.82. The van der Waals surface area contributed by atoms with Gasteiger partial charge in [0.1, 0.15) is 12.3 Å². The fourth-order valence-electron chi connectivity index (χ4n) is 2.91. The smallest absolute Gasteiger partial charge is 0.323 e. The van der Waals surface area contributed by atoms with Crippen LogP contribution in [0.15, 0.2) is 24.3 Å². The van der Waals surface area contributed by atoms with E-state index in [1.807, 2.05) is 24.3 Å². The molecule has 1 N–H and O–H groups in total. The minimum Gasteiger partial charge on any atom is -0.493 e. The third kappa shape index (κ3) is 3.17. The highest BCUT2D eigenvalue weighted by Gasteiger charge is 2.35. The molecule has 1 saturated carbocycles. The van der Waals surface area contributed by atoms with Crippen LogP contribution in [0.2, 0.25) is 0 Å². The standard InChI is InChI=1S/C16H19NO4/c18-15(17(10-16(19)20)12-5-6-12)9-11-7-8-21-14-4-2-1-3-13(11)14/h1-4,11-12H,5-10H2,(H,19,20). The van der Waals surface area contributed by atoms with Gasteiger partial charge >= 0.3 is 5.97 Å². The molecule has 1 aliphatic carbocycles. The molecule has 1 aromatic carbocycles. The van der Waals surface area contributed by atoms with E-state index in [4.69, 9.17) is 9.84 Å². The second kappa shape index (κ2) is 5.76. The fourth-order valence-corrected chi connectivity index (χ4v) is 2.91. The number of hydrogen-bond acceptors (Lipinski definition) is 3. The maximum absolute atomic E-state index is 12.5. The summed E-state index contributed by atoms with van der Waals surface area (Å²) in [5.74, 6) is -0.0283. The van der Waals surface area contributed by atoms with E-state index in [-0.39, 0.29) is 24.4 Å². The average molecular weight is 289 g/mol. The van der Waals surface area contributed by atoms with E-state index in [0.717, 1.165) is 30.6 Å². The molecule has 0 aromatic heterocycles. The molecular weight excluding hydrogens is 270 g/mol. The van der Waals surface area contributed by atoms with Crippen molar-refractivity contribution in [3.8, 4) is 5.75 Å². The van der Waals surface area contributed by atoms with Crippen LogP contribution >= 0.6 is 0 Å². The van der Waals surface area contributed by atoms with Crippen LogP contribution < -0.4 is 4.74 Å². The van der Waals surface area contributed by atoms with Crippen molar-refractivity contribution in [2.75, 3.05) is 13.2 Å². The van der Waals surface area contributed by atoms with Gasteiger partial charge in [-0.25, -0.2) is 0 Å². The van der Waals surface area contributed by atoms with Crippen LogP contribution in [0.4, 0.5) is 0 Å². The van der Waals surface area contributed by atoms with E-state index in [2.05, 4.69) is 0 Å². The number of ether oxygens (including phenoxy) is 1. The Balaban J connectivity index is 1.71. The van der Waals surface area contributed by atoms with E-state index >= 15 is 0 Å². The third-order valence-corrected chi connectivity index (χ3v) is 4.12. The molecule has 0 bridgehead atoms. The topological polar surface area (TPSA) is 66.8 Å². The van der Waals surface area contributed by atoms with Crippen molar-refractivity contribution in [3.63, 3.8) is 0 Å². The van der Waals surface area contributed by atoms with E-state index in [1.165, 1.54) is 4.90 Å². The summed E-state index contributed by atoms with van der Waals surface area (Å²) >= 11 is 0. The summed E-state index contributed by atoms with van der Waals surface area (Å²) in [6, 6.07) is 7.90. The van der Waals surface area contributed by atoms with Crippen LogP contribution in [0.1, 0.15) is 37.2 Å². The van der Waals surface area contributed by atoms with Gasteiger partial charge in [-0.15, -0.1) is 0 Å². The first kappa shape index (κ1) is 13.9. The predicted molar refractivity (Wildman–Crippen MR) is 76.3 cm³/mol. The number of carboxylic acid groups (broad SMARTS) is 1. The molecule has 1 atom stereocenters. The van der Waals surface area contributed by atoms with Gasteiger partial charge in [0.25, 0.3) is 0 Å². The highest BCUT2D eigenvalue weighted by atomic mass is 16.5. The van der Waals surface area contributed by atoms with E-state index in [0.29, 0.717) is 13.0 Å². The van der Waals surface area contributed by atoms with Gasteiger partial charge in [-0.2, -0.15) is 0 Å². The number of rotatable bonds is 5. The van der Waals surface area contributed by atoms with Gasteiger partial charge in [0.2, 0.25) is 5.91 Å². The summed E-state index contributed by atoms with van der Waals surface area (Å²) in [6.45, 7) is 0.422. The van der Waals surface area contributed by atoms with Crippen LogP contribution in [-0.2, 0) is 9.59 Å². The van der Waals surface area contributed by atoms with Crippen LogP contribution in [0, 0.1) is 0 Å². The number of fused-ring (bicyclic) bond motifs is 1. The van der Waals surface area contributed by atoms with Gasteiger partial charge in [-0.05, 0) is 36.8 Å². The SMILES string of the molecule is O=C(O)CN(C(=O)CC1CCOc2ccccc21)C1CC1. The van der Waals surface area contributed by atoms with Crippen molar-refractivity contribution in [2.45, 2.75) is 37.6 Å². The predicted octanol–water partition coefficient (Wildman–Crippen LogP) is 2.02. The number of hydrogen-bond donors (Lipinski definition) is 1. The molecule has 5 heteroatoms. The lowest BCUT2D eigenvalue weighted by Gasteiger charge is -2.28.